The molecule has 0 bridgehead atoms. The molecule has 0 amide bonds. The second-order valence-electron chi connectivity index (χ2n) is 13.9. The monoisotopic (exact) mass is 690 g/mol. The van der Waals surface area contributed by atoms with Gasteiger partial charge in [-0.1, -0.05) is 134 Å². The summed E-state index contributed by atoms with van der Waals surface area (Å²) in [6.07, 6.45) is 19.1. The number of benzene rings is 5. The van der Waals surface area contributed by atoms with E-state index in [1.54, 1.807) is 0 Å². The number of fused-ring (bicyclic) bond motifs is 6. The molecule has 0 saturated carbocycles. The number of nitrogens with zero attached hydrogens (tertiary/aromatic N) is 2. The van der Waals surface area contributed by atoms with Gasteiger partial charge in [-0.2, -0.15) is 0 Å². The van der Waals surface area contributed by atoms with Crippen molar-refractivity contribution in [3.63, 3.8) is 0 Å². The number of nitrogens with two attached hydrogens (primary N) is 1. The van der Waals surface area contributed by atoms with Gasteiger partial charge in [-0.05, 0) is 90.9 Å². The van der Waals surface area contributed by atoms with Crippen LogP contribution in [-0.4, -0.2) is 21.8 Å². The lowest BCUT2D eigenvalue weighted by molar-refractivity contribution is 0.608. The third-order valence-electron chi connectivity index (χ3n) is 10.7. The van der Waals surface area contributed by atoms with Crippen molar-refractivity contribution in [3.05, 3.63) is 192 Å². The fraction of sp³-hybridized carbons (Fsp3) is 0.143. The number of hydrogen-bond donors (Lipinski definition) is 2. The van der Waals surface area contributed by atoms with E-state index in [9.17, 15) is 0 Å². The van der Waals surface area contributed by atoms with Crippen LogP contribution < -0.4 is 11.1 Å². The van der Waals surface area contributed by atoms with Gasteiger partial charge in [-0.15, -0.1) is 0 Å². The summed E-state index contributed by atoms with van der Waals surface area (Å²) in [6, 6.07) is 41.7. The summed E-state index contributed by atoms with van der Waals surface area (Å²) in [7, 11) is 0. The Hall–Kier alpha value is -5.94. The van der Waals surface area contributed by atoms with Gasteiger partial charge in [-0.3, -0.25) is 5.32 Å². The highest BCUT2D eigenvalue weighted by Crippen LogP contribution is 2.38. The Bertz CT molecular complexity index is 2550. The summed E-state index contributed by atoms with van der Waals surface area (Å²) in [5.74, 6) is 0.464. The summed E-state index contributed by atoms with van der Waals surface area (Å²) in [5, 5.41) is 7.12. The molecule has 53 heavy (non-hydrogen) atoms. The minimum absolute atomic E-state index is 0.0453. The van der Waals surface area contributed by atoms with Crippen molar-refractivity contribution in [1.29, 1.82) is 0 Å². The Morgan fingerprint density at radius 2 is 1.62 bits per heavy atom. The Balaban J connectivity index is 0.000000156. The third kappa shape index (κ3) is 6.64. The quantitative estimate of drug-likeness (QED) is 0.171. The molecule has 262 valence electrons. The number of aryl methyl sites for hydroxylation is 1. The summed E-state index contributed by atoms with van der Waals surface area (Å²) in [6.45, 7) is 8.96. The fourth-order valence-electron chi connectivity index (χ4n) is 7.91. The highest BCUT2D eigenvalue weighted by molar-refractivity contribution is 6.18. The molecule has 3 heterocycles. The van der Waals surface area contributed by atoms with Gasteiger partial charge in [0, 0.05) is 46.2 Å². The van der Waals surface area contributed by atoms with Crippen LogP contribution >= 0.6 is 0 Å². The topological polar surface area (TPSA) is 47.9 Å². The zero-order valence-corrected chi connectivity index (χ0v) is 30.5. The van der Waals surface area contributed by atoms with Gasteiger partial charge < -0.3 is 14.9 Å². The summed E-state index contributed by atoms with van der Waals surface area (Å²) in [4.78, 5) is 0. The predicted octanol–water partition coefficient (Wildman–Crippen LogP) is 11.4. The maximum absolute atomic E-state index is 6.15. The number of allylic oxidation sites excluding steroid dienone is 6. The normalized spacial score (nSPS) is 17.2. The molecular formula is C49H46N4. The van der Waals surface area contributed by atoms with Gasteiger partial charge in [0.2, 0.25) is 0 Å². The zero-order chi connectivity index (χ0) is 36.3. The molecule has 0 fully saturated rings. The van der Waals surface area contributed by atoms with Crippen molar-refractivity contribution in [2.75, 3.05) is 6.54 Å². The average Bonchev–Trinajstić information content (AvgIpc) is 3.79. The molecule has 9 rings (SSSR count). The standard InChI is InChI=1S/C28H24N2.C21H22N2/c1-4-6-9-21(5-2)29-19-18-25-26(29)17-16-24-23-10-7-8-11-27(23)30(28(24)25)22-14-12-20(3)13-15-22;22-21-20(6-3-13-23-21)17-10-7-16(8-11-17)19-12-9-15-4-1-2-5-18(15)14-19/h4-19H,1H2,2-3H3;1-2,4-12,19,21,23H,3,13-14,22H2/b9-6-,21-5+;. The van der Waals surface area contributed by atoms with Crippen LogP contribution in [0.3, 0.4) is 0 Å². The molecule has 2 aromatic heterocycles. The number of aromatic nitrogens is 2. The van der Waals surface area contributed by atoms with Crippen LogP contribution in [0.2, 0.25) is 0 Å². The van der Waals surface area contributed by atoms with E-state index in [2.05, 4.69) is 187 Å². The van der Waals surface area contributed by atoms with Crippen molar-refractivity contribution >= 4 is 50.1 Å². The Morgan fingerprint density at radius 3 is 2.42 bits per heavy atom. The predicted molar refractivity (Wildman–Crippen MR) is 227 cm³/mol. The molecular weight excluding hydrogens is 645 g/mol. The second kappa shape index (κ2) is 15.0. The van der Waals surface area contributed by atoms with Gasteiger partial charge in [0.05, 0.1) is 22.7 Å². The third-order valence-corrected chi connectivity index (χ3v) is 10.7. The van der Waals surface area contributed by atoms with Crippen LogP contribution in [0, 0.1) is 6.92 Å². The van der Waals surface area contributed by atoms with Gasteiger partial charge in [0.25, 0.3) is 0 Å². The van der Waals surface area contributed by atoms with Crippen molar-refractivity contribution in [2.24, 2.45) is 5.73 Å². The molecule has 0 radical (unpaired) electrons. The van der Waals surface area contributed by atoms with E-state index in [-0.39, 0.29) is 6.17 Å². The van der Waals surface area contributed by atoms with E-state index in [4.69, 9.17) is 5.73 Å². The van der Waals surface area contributed by atoms with E-state index in [1.807, 2.05) is 12.2 Å². The van der Waals surface area contributed by atoms with Gasteiger partial charge >= 0.3 is 0 Å². The van der Waals surface area contributed by atoms with Crippen LogP contribution in [-0.2, 0) is 6.42 Å². The van der Waals surface area contributed by atoms with E-state index >= 15 is 0 Å². The SMILES string of the molecule is C=C/C=C\C(=C/C)n1ccc2c1ccc1c3ccccc3n(-c3ccc(C)cc3)c12.NC1NCCC=C1c1ccc(C2C=Cc3ccccc3C2)cc1. The van der Waals surface area contributed by atoms with Crippen LogP contribution in [0.25, 0.3) is 55.7 Å². The second-order valence-corrected chi connectivity index (χ2v) is 13.9. The lowest BCUT2D eigenvalue weighted by Crippen LogP contribution is -2.41. The minimum atomic E-state index is -0.0453. The lowest BCUT2D eigenvalue weighted by atomic mass is 9.84. The fourth-order valence-corrected chi connectivity index (χ4v) is 7.91. The minimum Gasteiger partial charge on any atom is -0.317 e. The molecule has 4 nitrogen and oxygen atoms in total. The largest absolute Gasteiger partial charge is 0.317 e. The van der Waals surface area contributed by atoms with Gasteiger partial charge in [-0.25, -0.2) is 0 Å². The lowest BCUT2D eigenvalue weighted by Gasteiger charge is -2.23. The van der Waals surface area contributed by atoms with Gasteiger partial charge in [0.1, 0.15) is 0 Å². The average molecular weight is 691 g/mol. The molecule has 3 N–H and O–H groups in total. The Kier molecular flexibility index (Phi) is 9.64. The molecule has 7 aromatic rings. The first-order valence-corrected chi connectivity index (χ1v) is 18.7. The molecule has 0 spiro atoms. The van der Waals surface area contributed by atoms with Crippen molar-refractivity contribution in [3.8, 4) is 5.69 Å². The number of nitrogens with one attached hydrogen (secondary N) is 1. The van der Waals surface area contributed by atoms with Gasteiger partial charge in [0.15, 0.2) is 0 Å². The molecule has 0 saturated heterocycles. The zero-order valence-electron chi connectivity index (χ0n) is 30.5. The first-order chi connectivity index (χ1) is 26.0. The summed E-state index contributed by atoms with van der Waals surface area (Å²) >= 11 is 0. The number of para-hydroxylation sites is 1. The number of hydrogen-bond acceptors (Lipinski definition) is 2. The van der Waals surface area contributed by atoms with Crippen LogP contribution in [0.5, 0.6) is 0 Å². The van der Waals surface area contributed by atoms with E-state index in [0.29, 0.717) is 5.92 Å². The van der Waals surface area contributed by atoms with Crippen LogP contribution in [0.1, 0.15) is 47.1 Å². The van der Waals surface area contributed by atoms with Crippen molar-refractivity contribution < 1.29 is 0 Å². The van der Waals surface area contributed by atoms with Crippen LogP contribution in [0.4, 0.5) is 0 Å². The molecule has 2 unspecified atom stereocenters. The van der Waals surface area contributed by atoms with Crippen LogP contribution in [0.15, 0.2) is 164 Å². The molecule has 1 aliphatic heterocycles. The summed E-state index contributed by atoms with van der Waals surface area (Å²) in [5.41, 5.74) is 20.0. The first-order valence-electron chi connectivity index (χ1n) is 18.7. The first kappa shape index (κ1) is 34.2. The highest BCUT2D eigenvalue weighted by Gasteiger charge is 2.19. The number of rotatable bonds is 6. The highest BCUT2D eigenvalue weighted by atomic mass is 15.0. The van der Waals surface area contributed by atoms with E-state index in [1.165, 1.54) is 71.8 Å². The van der Waals surface area contributed by atoms with E-state index < -0.39 is 0 Å². The molecule has 2 aliphatic rings. The smallest absolute Gasteiger partial charge is 0.0812 e. The molecule has 1 aliphatic carbocycles. The maximum Gasteiger partial charge on any atom is 0.0812 e. The Labute approximate surface area is 312 Å². The molecule has 5 aromatic carbocycles. The van der Waals surface area contributed by atoms with Crippen molar-refractivity contribution in [2.45, 2.75) is 38.8 Å². The van der Waals surface area contributed by atoms with Crippen molar-refractivity contribution in [1.82, 2.24) is 14.5 Å². The molecule has 2 atom stereocenters. The maximum atomic E-state index is 6.15. The molecule has 4 heteroatoms. The Morgan fingerprint density at radius 1 is 0.830 bits per heavy atom. The summed E-state index contributed by atoms with van der Waals surface area (Å²) < 4.78 is 4.64. The van der Waals surface area contributed by atoms with E-state index in [0.717, 1.165) is 25.1 Å².